The molecule has 1 aliphatic rings. The number of ether oxygens (including phenoxy) is 1. The molecule has 4 unspecified atom stereocenters. The molecular formula is C12H22Cl2O. The molecule has 3 heteroatoms. The van der Waals surface area contributed by atoms with Crippen LogP contribution in [0.25, 0.3) is 0 Å². The molecule has 0 saturated carbocycles. The summed E-state index contributed by atoms with van der Waals surface area (Å²) in [5.41, 5.74) is 0. The Balaban J connectivity index is 2.15. The van der Waals surface area contributed by atoms with E-state index in [2.05, 4.69) is 13.8 Å². The molecule has 1 heterocycles. The second-order valence-corrected chi connectivity index (χ2v) is 5.50. The summed E-state index contributed by atoms with van der Waals surface area (Å²) in [6, 6.07) is 0. The van der Waals surface area contributed by atoms with E-state index in [4.69, 9.17) is 27.9 Å². The molecule has 0 amide bonds. The molecule has 0 aliphatic carbocycles. The van der Waals surface area contributed by atoms with Gasteiger partial charge in [0, 0.05) is 0 Å². The van der Waals surface area contributed by atoms with Gasteiger partial charge in [-0.25, -0.2) is 0 Å². The van der Waals surface area contributed by atoms with Crippen LogP contribution in [0.4, 0.5) is 0 Å². The predicted molar refractivity (Wildman–Crippen MR) is 67.0 cm³/mol. The van der Waals surface area contributed by atoms with E-state index in [1.165, 1.54) is 25.7 Å². The highest BCUT2D eigenvalue weighted by atomic mass is 35.5. The lowest BCUT2D eigenvalue weighted by Gasteiger charge is -2.07. The van der Waals surface area contributed by atoms with Crippen molar-refractivity contribution in [2.45, 2.75) is 75.3 Å². The summed E-state index contributed by atoms with van der Waals surface area (Å²) in [7, 11) is 0. The Kier molecular flexibility index (Phi) is 6.33. The van der Waals surface area contributed by atoms with Gasteiger partial charge >= 0.3 is 0 Å². The SMILES string of the molecule is CCCCC(Cl)C1OC1C(Cl)CCCC. The van der Waals surface area contributed by atoms with Crippen LogP contribution >= 0.6 is 23.2 Å². The van der Waals surface area contributed by atoms with Gasteiger partial charge in [-0.2, -0.15) is 0 Å². The zero-order valence-electron chi connectivity index (χ0n) is 9.72. The van der Waals surface area contributed by atoms with Gasteiger partial charge in [0.25, 0.3) is 0 Å². The molecule has 0 aromatic rings. The Morgan fingerprint density at radius 3 is 1.67 bits per heavy atom. The van der Waals surface area contributed by atoms with Gasteiger partial charge in [-0.05, 0) is 12.8 Å². The molecule has 0 bridgehead atoms. The molecule has 0 spiro atoms. The number of unbranched alkanes of at least 4 members (excludes halogenated alkanes) is 2. The van der Waals surface area contributed by atoms with Gasteiger partial charge in [0.15, 0.2) is 0 Å². The second kappa shape index (κ2) is 6.98. The van der Waals surface area contributed by atoms with Crippen LogP contribution in [0.2, 0.25) is 0 Å². The summed E-state index contributed by atoms with van der Waals surface area (Å²) in [6.07, 6.45) is 7.30. The first kappa shape index (κ1) is 13.6. The van der Waals surface area contributed by atoms with Gasteiger partial charge in [-0.3, -0.25) is 0 Å². The second-order valence-electron chi connectivity index (χ2n) is 4.38. The first-order valence-corrected chi connectivity index (χ1v) is 7.01. The summed E-state index contributed by atoms with van der Waals surface area (Å²) < 4.78 is 5.57. The Bertz CT molecular complexity index is 157. The summed E-state index contributed by atoms with van der Waals surface area (Å²) in [5.74, 6) is 0. The first-order valence-electron chi connectivity index (χ1n) is 6.14. The van der Waals surface area contributed by atoms with Gasteiger partial charge in [-0.15, -0.1) is 23.2 Å². The van der Waals surface area contributed by atoms with Gasteiger partial charge < -0.3 is 4.74 Å². The first-order chi connectivity index (χ1) is 7.20. The Morgan fingerprint density at radius 2 is 1.33 bits per heavy atom. The highest BCUT2D eigenvalue weighted by Gasteiger charge is 2.47. The molecule has 0 radical (unpaired) electrons. The summed E-state index contributed by atoms with van der Waals surface area (Å²) in [4.78, 5) is 0. The third-order valence-electron chi connectivity index (χ3n) is 2.94. The largest absolute Gasteiger partial charge is 0.366 e. The van der Waals surface area contributed by atoms with Crippen LogP contribution < -0.4 is 0 Å². The Hall–Kier alpha value is 0.540. The third kappa shape index (κ3) is 4.50. The van der Waals surface area contributed by atoms with Crippen LogP contribution in [0.3, 0.4) is 0 Å². The van der Waals surface area contributed by atoms with Crippen LogP contribution in [-0.4, -0.2) is 23.0 Å². The average molecular weight is 253 g/mol. The fourth-order valence-corrected chi connectivity index (χ4v) is 2.56. The normalized spacial score (nSPS) is 28.8. The lowest BCUT2D eigenvalue weighted by Crippen LogP contribution is -2.17. The maximum atomic E-state index is 6.25. The smallest absolute Gasteiger partial charge is 0.102 e. The van der Waals surface area contributed by atoms with Gasteiger partial charge in [-0.1, -0.05) is 39.5 Å². The van der Waals surface area contributed by atoms with Crippen molar-refractivity contribution in [1.29, 1.82) is 0 Å². The standard InChI is InChI=1S/C12H22Cl2O/c1-3-5-7-9(13)11-12(15-11)10(14)8-6-4-2/h9-12H,3-8H2,1-2H3. The number of hydrogen-bond donors (Lipinski definition) is 0. The molecule has 0 N–H and O–H groups in total. The maximum absolute atomic E-state index is 6.25. The zero-order valence-corrected chi connectivity index (χ0v) is 11.2. The molecule has 4 atom stereocenters. The Labute approximate surface area is 103 Å². The highest BCUT2D eigenvalue weighted by molar-refractivity contribution is 6.22. The summed E-state index contributed by atoms with van der Waals surface area (Å²) in [6.45, 7) is 4.36. The van der Waals surface area contributed by atoms with Gasteiger partial charge in [0.1, 0.15) is 12.2 Å². The summed E-state index contributed by atoms with van der Waals surface area (Å²) >= 11 is 12.5. The monoisotopic (exact) mass is 252 g/mol. The Morgan fingerprint density at radius 1 is 0.933 bits per heavy atom. The van der Waals surface area contributed by atoms with Crippen molar-refractivity contribution in [3.05, 3.63) is 0 Å². The van der Waals surface area contributed by atoms with E-state index in [-0.39, 0.29) is 23.0 Å². The van der Waals surface area contributed by atoms with Gasteiger partial charge in [0.05, 0.1) is 10.8 Å². The molecule has 0 aromatic heterocycles. The van der Waals surface area contributed by atoms with Crippen LogP contribution in [-0.2, 0) is 4.74 Å². The topological polar surface area (TPSA) is 12.5 Å². The quantitative estimate of drug-likeness (QED) is 0.463. The number of hydrogen-bond acceptors (Lipinski definition) is 1. The minimum absolute atomic E-state index is 0.165. The van der Waals surface area contributed by atoms with E-state index in [9.17, 15) is 0 Å². The van der Waals surface area contributed by atoms with E-state index in [0.717, 1.165) is 12.8 Å². The molecule has 1 rings (SSSR count). The molecule has 1 fully saturated rings. The van der Waals surface area contributed by atoms with E-state index in [1.807, 2.05) is 0 Å². The molecule has 1 saturated heterocycles. The molecule has 15 heavy (non-hydrogen) atoms. The van der Waals surface area contributed by atoms with Crippen molar-refractivity contribution in [2.24, 2.45) is 0 Å². The number of halogens is 2. The van der Waals surface area contributed by atoms with Crippen LogP contribution in [0, 0.1) is 0 Å². The van der Waals surface area contributed by atoms with Crippen molar-refractivity contribution < 1.29 is 4.74 Å². The molecule has 1 nitrogen and oxygen atoms in total. The van der Waals surface area contributed by atoms with Crippen LogP contribution in [0.15, 0.2) is 0 Å². The fraction of sp³-hybridized carbons (Fsp3) is 1.00. The van der Waals surface area contributed by atoms with E-state index in [1.54, 1.807) is 0 Å². The molecule has 1 aliphatic heterocycles. The minimum atomic E-state index is 0.165. The van der Waals surface area contributed by atoms with Crippen molar-refractivity contribution in [3.63, 3.8) is 0 Å². The van der Waals surface area contributed by atoms with Crippen molar-refractivity contribution in [2.75, 3.05) is 0 Å². The molecular weight excluding hydrogens is 231 g/mol. The van der Waals surface area contributed by atoms with Crippen LogP contribution in [0.5, 0.6) is 0 Å². The minimum Gasteiger partial charge on any atom is -0.366 e. The van der Waals surface area contributed by atoms with Crippen molar-refractivity contribution in [1.82, 2.24) is 0 Å². The predicted octanol–water partition coefficient (Wildman–Crippen LogP) is 4.35. The van der Waals surface area contributed by atoms with E-state index >= 15 is 0 Å². The van der Waals surface area contributed by atoms with Crippen LogP contribution in [0.1, 0.15) is 52.4 Å². The van der Waals surface area contributed by atoms with Gasteiger partial charge in [0.2, 0.25) is 0 Å². The van der Waals surface area contributed by atoms with Crippen molar-refractivity contribution in [3.8, 4) is 0 Å². The average Bonchev–Trinajstić information content (AvgIpc) is 3.02. The number of alkyl halides is 2. The summed E-state index contributed by atoms with van der Waals surface area (Å²) in [5, 5.41) is 0.329. The lowest BCUT2D eigenvalue weighted by molar-refractivity contribution is 0.352. The molecule has 90 valence electrons. The number of epoxide rings is 1. The third-order valence-corrected chi connectivity index (χ3v) is 3.87. The van der Waals surface area contributed by atoms with E-state index in [0.29, 0.717) is 0 Å². The zero-order chi connectivity index (χ0) is 11.3. The fourth-order valence-electron chi connectivity index (χ4n) is 1.85. The van der Waals surface area contributed by atoms with Crippen molar-refractivity contribution >= 4 is 23.2 Å². The number of rotatable bonds is 8. The van der Waals surface area contributed by atoms with E-state index < -0.39 is 0 Å². The lowest BCUT2D eigenvalue weighted by atomic mass is 10.1. The highest BCUT2D eigenvalue weighted by Crippen LogP contribution is 2.37. The maximum Gasteiger partial charge on any atom is 0.102 e. The molecule has 0 aromatic carbocycles.